The molecule has 2 N–H and O–H groups in total. The van der Waals surface area contributed by atoms with Crippen molar-refractivity contribution in [3.63, 3.8) is 0 Å². The van der Waals surface area contributed by atoms with Gasteiger partial charge in [-0.3, -0.25) is 4.90 Å². The van der Waals surface area contributed by atoms with Crippen LogP contribution in [0.4, 0.5) is 5.82 Å². The maximum Gasteiger partial charge on any atom is 0.165 e. The molecule has 9 heteroatoms. The third kappa shape index (κ3) is 7.94. The minimum absolute atomic E-state index is 0.144. The Balaban J connectivity index is 0.000000193. The van der Waals surface area contributed by atoms with Crippen molar-refractivity contribution < 1.29 is 10.2 Å². The molecule has 0 saturated carbocycles. The zero-order chi connectivity index (χ0) is 37.1. The first kappa shape index (κ1) is 35.8. The van der Waals surface area contributed by atoms with Gasteiger partial charge in [-0.1, -0.05) is 92.2 Å². The first-order chi connectivity index (χ1) is 25.6. The number of piperazine rings is 1. The minimum atomic E-state index is 0.144. The molecule has 0 unspecified atom stereocenters. The largest absolute Gasteiger partial charge is 0.507 e. The Morgan fingerprint density at radius 1 is 0.660 bits per heavy atom. The number of phenolic OH excluding ortho intramolecular Hbond substituents is 2. The molecular formula is C44H43ClN6O2. The number of anilines is 1. The van der Waals surface area contributed by atoms with E-state index in [0.717, 1.165) is 64.9 Å². The van der Waals surface area contributed by atoms with E-state index in [2.05, 4.69) is 89.1 Å². The zero-order valence-electron chi connectivity index (χ0n) is 30.4. The first-order valence-electron chi connectivity index (χ1n) is 18.0. The van der Waals surface area contributed by atoms with E-state index in [4.69, 9.17) is 21.6 Å². The third-order valence-electron chi connectivity index (χ3n) is 9.72. The van der Waals surface area contributed by atoms with E-state index in [0.29, 0.717) is 39.9 Å². The van der Waals surface area contributed by atoms with Crippen LogP contribution in [0.15, 0.2) is 115 Å². The monoisotopic (exact) mass is 722 g/mol. The molecule has 1 aliphatic heterocycles. The lowest BCUT2D eigenvalue weighted by molar-refractivity contribution is 0.192. The van der Waals surface area contributed by atoms with E-state index in [9.17, 15) is 10.2 Å². The lowest BCUT2D eigenvalue weighted by atomic mass is 9.98. The molecule has 1 aliphatic rings. The van der Waals surface area contributed by atoms with Gasteiger partial charge in [0.05, 0.1) is 22.2 Å². The molecule has 2 aromatic heterocycles. The van der Waals surface area contributed by atoms with Gasteiger partial charge in [-0.2, -0.15) is 0 Å². The fourth-order valence-electron chi connectivity index (χ4n) is 6.90. The summed E-state index contributed by atoms with van der Waals surface area (Å²) in [6.45, 7) is 12.5. The van der Waals surface area contributed by atoms with Crippen molar-refractivity contribution in [2.45, 2.75) is 40.3 Å². The number of benzene rings is 5. The summed E-state index contributed by atoms with van der Waals surface area (Å²) in [5.74, 6) is 2.77. The van der Waals surface area contributed by atoms with E-state index in [-0.39, 0.29) is 11.5 Å². The molecule has 0 aliphatic carbocycles. The number of halogens is 1. The Labute approximate surface area is 315 Å². The van der Waals surface area contributed by atoms with Gasteiger partial charge in [0.15, 0.2) is 11.6 Å². The van der Waals surface area contributed by atoms with Crippen molar-refractivity contribution in [3.8, 4) is 34.3 Å². The quantitative estimate of drug-likeness (QED) is 0.164. The molecule has 8 nitrogen and oxygen atoms in total. The molecule has 268 valence electrons. The van der Waals surface area contributed by atoms with Gasteiger partial charge in [0, 0.05) is 43.0 Å². The van der Waals surface area contributed by atoms with Crippen LogP contribution in [0.3, 0.4) is 0 Å². The molecule has 3 heterocycles. The number of aryl methyl sites for hydroxylation is 2. The van der Waals surface area contributed by atoms with Crippen molar-refractivity contribution in [2.75, 3.05) is 24.5 Å². The van der Waals surface area contributed by atoms with Gasteiger partial charge in [0.25, 0.3) is 0 Å². The van der Waals surface area contributed by atoms with Gasteiger partial charge < -0.3 is 15.1 Å². The van der Waals surface area contributed by atoms with Crippen LogP contribution < -0.4 is 4.90 Å². The van der Waals surface area contributed by atoms with Crippen molar-refractivity contribution in [1.82, 2.24) is 24.8 Å². The summed E-state index contributed by atoms with van der Waals surface area (Å²) in [4.78, 5) is 23.7. The van der Waals surface area contributed by atoms with Gasteiger partial charge >= 0.3 is 0 Å². The average molecular weight is 723 g/mol. The summed E-state index contributed by atoms with van der Waals surface area (Å²) in [5, 5.41) is 22.6. The van der Waals surface area contributed by atoms with E-state index in [1.807, 2.05) is 49.4 Å². The molecule has 1 atom stereocenters. The maximum atomic E-state index is 10.5. The molecule has 0 amide bonds. The number of rotatable bonds is 6. The predicted molar refractivity (Wildman–Crippen MR) is 215 cm³/mol. The third-order valence-corrected chi connectivity index (χ3v) is 10.0. The van der Waals surface area contributed by atoms with Crippen LogP contribution in [0.2, 0.25) is 5.15 Å². The second-order valence-electron chi connectivity index (χ2n) is 14.0. The standard InChI is InChI=1S/C29H32N4O.C15H11ClN2O/c1-20(2)26-19-32(18-22-9-5-4-6-10-22)15-16-33(26)29-23-14-13-21(3)17-25(23)30-28(31-29)24-11-7-8-12-27(24)34;1-9-6-7-10-12(8-9)17-15(18-14(10)16)11-4-2-3-5-13(11)19/h4-14,17,20,26,34H,15-16,18-19H2,1-3H3;2-8,19H,1H3/t26-;/m1./s1. The molecule has 1 saturated heterocycles. The fourth-order valence-corrected chi connectivity index (χ4v) is 7.14. The molecule has 53 heavy (non-hydrogen) atoms. The Morgan fingerprint density at radius 3 is 1.81 bits per heavy atom. The maximum absolute atomic E-state index is 10.5. The SMILES string of the molecule is Cc1ccc2c(Cl)nc(-c3ccccc3O)nc2c1.Cc1ccc2c(N3CCN(Cc4ccccc4)C[C@@H]3C(C)C)nc(-c3ccccc3O)nc2c1. The summed E-state index contributed by atoms with van der Waals surface area (Å²) in [6.07, 6.45) is 0. The number of fused-ring (bicyclic) bond motifs is 2. The van der Waals surface area contributed by atoms with Crippen LogP contribution in [-0.4, -0.2) is 60.7 Å². The summed E-state index contributed by atoms with van der Waals surface area (Å²) < 4.78 is 0. The van der Waals surface area contributed by atoms with Crippen molar-refractivity contribution in [3.05, 3.63) is 137 Å². The second kappa shape index (κ2) is 15.6. The van der Waals surface area contributed by atoms with E-state index in [1.54, 1.807) is 24.3 Å². The van der Waals surface area contributed by atoms with Gasteiger partial charge in [-0.15, -0.1) is 0 Å². The summed E-state index contributed by atoms with van der Waals surface area (Å²) in [6, 6.07) is 37.5. The van der Waals surface area contributed by atoms with Crippen LogP contribution in [-0.2, 0) is 6.54 Å². The number of hydrogen-bond donors (Lipinski definition) is 2. The lowest BCUT2D eigenvalue weighted by Crippen LogP contribution is -2.55. The van der Waals surface area contributed by atoms with Crippen molar-refractivity contribution in [2.24, 2.45) is 5.92 Å². The Morgan fingerprint density at radius 2 is 1.21 bits per heavy atom. The highest BCUT2D eigenvalue weighted by molar-refractivity contribution is 6.34. The highest BCUT2D eigenvalue weighted by atomic mass is 35.5. The predicted octanol–water partition coefficient (Wildman–Crippen LogP) is 9.62. The molecule has 7 aromatic rings. The van der Waals surface area contributed by atoms with Crippen LogP contribution in [0.5, 0.6) is 11.5 Å². The minimum Gasteiger partial charge on any atom is -0.507 e. The zero-order valence-corrected chi connectivity index (χ0v) is 31.2. The van der Waals surface area contributed by atoms with Crippen LogP contribution in [0, 0.1) is 19.8 Å². The van der Waals surface area contributed by atoms with Gasteiger partial charge in [0.2, 0.25) is 0 Å². The highest BCUT2D eigenvalue weighted by Gasteiger charge is 2.32. The smallest absolute Gasteiger partial charge is 0.165 e. The summed E-state index contributed by atoms with van der Waals surface area (Å²) in [7, 11) is 0. The normalized spacial score (nSPS) is 14.8. The number of phenols is 2. The van der Waals surface area contributed by atoms with Crippen LogP contribution in [0.25, 0.3) is 44.6 Å². The molecule has 8 rings (SSSR count). The van der Waals surface area contributed by atoms with E-state index >= 15 is 0 Å². The van der Waals surface area contributed by atoms with E-state index < -0.39 is 0 Å². The Hall–Kier alpha value is -5.57. The van der Waals surface area contributed by atoms with E-state index in [1.165, 1.54) is 5.56 Å². The van der Waals surface area contributed by atoms with Gasteiger partial charge in [-0.25, -0.2) is 19.9 Å². The Kier molecular flexibility index (Phi) is 10.5. The molecule has 5 aromatic carbocycles. The topological polar surface area (TPSA) is 98.5 Å². The second-order valence-corrected chi connectivity index (χ2v) is 14.4. The number of hydrogen-bond acceptors (Lipinski definition) is 8. The molecule has 0 radical (unpaired) electrons. The average Bonchev–Trinajstić information content (AvgIpc) is 3.15. The van der Waals surface area contributed by atoms with Gasteiger partial charge in [-0.05, 0) is 85.0 Å². The molecular weight excluding hydrogens is 680 g/mol. The Bertz CT molecular complexity index is 2390. The van der Waals surface area contributed by atoms with Crippen LogP contribution >= 0.6 is 11.6 Å². The summed E-state index contributed by atoms with van der Waals surface area (Å²) >= 11 is 6.18. The fraction of sp³-hybridized carbons (Fsp3) is 0.227. The van der Waals surface area contributed by atoms with Crippen molar-refractivity contribution >= 4 is 39.2 Å². The number of aromatic hydroxyl groups is 2. The number of aromatic nitrogens is 4. The number of para-hydroxylation sites is 2. The lowest BCUT2D eigenvalue weighted by Gasteiger charge is -2.44. The number of nitrogens with zero attached hydrogens (tertiary/aromatic N) is 6. The first-order valence-corrected chi connectivity index (χ1v) is 18.3. The van der Waals surface area contributed by atoms with Gasteiger partial charge in [0.1, 0.15) is 22.5 Å². The molecule has 0 spiro atoms. The highest BCUT2D eigenvalue weighted by Crippen LogP contribution is 2.35. The van der Waals surface area contributed by atoms with Crippen LogP contribution in [0.1, 0.15) is 30.5 Å². The molecule has 1 fully saturated rings. The summed E-state index contributed by atoms with van der Waals surface area (Å²) in [5.41, 5.74) is 6.54. The van der Waals surface area contributed by atoms with Crippen molar-refractivity contribution in [1.29, 1.82) is 0 Å². The molecule has 0 bridgehead atoms.